The van der Waals surface area contributed by atoms with Crippen LogP contribution in [-0.2, 0) is 0 Å². The normalized spacial score (nSPS) is 12.2. The Kier molecular flexibility index (Phi) is 4.96. The molecular weight excluding hydrogens is 404 g/mol. The van der Waals surface area contributed by atoms with Crippen LogP contribution in [0.3, 0.4) is 0 Å². The molecule has 1 N–H and O–H groups in total. The largest absolute Gasteiger partial charge is 0.493 e. The van der Waals surface area contributed by atoms with Crippen molar-refractivity contribution in [3.63, 3.8) is 0 Å². The molecule has 0 atom stereocenters. The molecule has 154 valence electrons. The third kappa shape index (κ3) is 3.37. The number of hydrazone groups is 1. The van der Waals surface area contributed by atoms with Gasteiger partial charge >= 0.3 is 0 Å². The van der Waals surface area contributed by atoms with E-state index >= 15 is 0 Å². The van der Waals surface area contributed by atoms with Crippen molar-refractivity contribution in [1.82, 2.24) is 0 Å². The van der Waals surface area contributed by atoms with Crippen LogP contribution in [0.25, 0.3) is 22.3 Å². The number of nitrogens with zero attached hydrogens (tertiary/aromatic N) is 1. The summed E-state index contributed by atoms with van der Waals surface area (Å²) in [5, 5.41) is 8.00. The topological polar surface area (TPSA) is 42.9 Å². The van der Waals surface area contributed by atoms with Crippen LogP contribution in [0, 0.1) is 6.92 Å². The Morgan fingerprint density at radius 3 is 2.13 bits per heavy atom. The number of thiophene rings is 1. The van der Waals surface area contributed by atoms with Crippen molar-refractivity contribution >= 4 is 22.0 Å². The first kappa shape index (κ1) is 19.4. The average molecular weight is 427 g/mol. The smallest absolute Gasteiger partial charge is 0.161 e. The fraction of sp³-hybridized carbons (Fsp3) is 0.115. The first-order valence-electron chi connectivity index (χ1n) is 10.0. The summed E-state index contributed by atoms with van der Waals surface area (Å²) in [6.45, 7) is 2.10. The van der Waals surface area contributed by atoms with Crippen LogP contribution >= 0.6 is 11.3 Å². The summed E-state index contributed by atoms with van der Waals surface area (Å²) in [5.74, 6) is 1.38. The SMILES string of the molecule is COc1cc2c(cc1OC)-c1c(-c3ccc(C)cc3)csc1NN=C2c1ccccc1. The van der Waals surface area contributed by atoms with Crippen LogP contribution < -0.4 is 14.9 Å². The van der Waals surface area contributed by atoms with Crippen LogP contribution in [0.4, 0.5) is 5.00 Å². The van der Waals surface area contributed by atoms with Crippen LogP contribution in [0.5, 0.6) is 11.5 Å². The second-order valence-electron chi connectivity index (χ2n) is 7.41. The van der Waals surface area contributed by atoms with E-state index in [1.165, 1.54) is 16.7 Å². The fourth-order valence-corrected chi connectivity index (χ4v) is 4.84. The lowest BCUT2D eigenvalue weighted by Gasteiger charge is -2.16. The average Bonchev–Trinajstić information content (AvgIpc) is 3.16. The highest BCUT2D eigenvalue weighted by Gasteiger charge is 2.26. The highest BCUT2D eigenvalue weighted by atomic mass is 32.1. The maximum Gasteiger partial charge on any atom is 0.161 e. The number of anilines is 1. The van der Waals surface area contributed by atoms with Crippen molar-refractivity contribution in [3.8, 4) is 33.8 Å². The van der Waals surface area contributed by atoms with Gasteiger partial charge in [0.1, 0.15) is 5.00 Å². The molecule has 0 bridgehead atoms. The van der Waals surface area contributed by atoms with Crippen molar-refractivity contribution in [2.45, 2.75) is 6.92 Å². The Balaban J connectivity index is 1.79. The van der Waals surface area contributed by atoms with Gasteiger partial charge in [0.05, 0.1) is 19.9 Å². The predicted octanol–water partition coefficient (Wildman–Crippen LogP) is 6.59. The minimum absolute atomic E-state index is 0.681. The Hall–Kier alpha value is -3.57. The monoisotopic (exact) mass is 426 g/mol. The molecule has 0 fully saturated rings. The van der Waals surface area contributed by atoms with Crippen molar-refractivity contribution in [3.05, 3.63) is 88.8 Å². The first-order valence-corrected chi connectivity index (χ1v) is 10.9. The lowest BCUT2D eigenvalue weighted by Crippen LogP contribution is -2.07. The number of rotatable bonds is 4. The summed E-state index contributed by atoms with van der Waals surface area (Å²) < 4.78 is 11.3. The Morgan fingerprint density at radius 1 is 0.774 bits per heavy atom. The third-order valence-electron chi connectivity index (χ3n) is 5.52. The van der Waals surface area contributed by atoms with E-state index in [1.54, 1.807) is 25.6 Å². The molecular formula is C26H22N2O2S. The molecule has 3 aromatic carbocycles. The van der Waals surface area contributed by atoms with Crippen molar-refractivity contribution in [1.29, 1.82) is 0 Å². The lowest BCUT2D eigenvalue weighted by molar-refractivity contribution is 0.355. The number of benzene rings is 3. The van der Waals surface area contributed by atoms with E-state index in [4.69, 9.17) is 14.6 Å². The van der Waals surface area contributed by atoms with E-state index in [9.17, 15) is 0 Å². The summed E-state index contributed by atoms with van der Waals surface area (Å²) in [4.78, 5) is 0. The Morgan fingerprint density at radius 2 is 1.45 bits per heavy atom. The molecule has 0 spiro atoms. The number of fused-ring (bicyclic) bond motifs is 3. The van der Waals surface area contributed by atoms with Crippen LogP contribution in [-0.4, -0.2) is 19.9 Å². The summed E-state index contributed by atoms with van der Waals surface area (Å²) in [6.07, 6.45) is 0. The zero-order chi connectivity index (χ0) is 21.4. The van der Waals surface area contributed by atoms with Gasteiger partial charge in [0.2, 0.25) is 0 Å². The number of aryl methyl sites for hydroxylation is 1. The zero-order valence-electron chi connectivity index (χ0n) is 17.6. The number of hydrogen-bond acceptors (Lipinski definition) is 5. The van der Waals surface area contributed by atoms with Gasteiger partial charge in [-0.15, -0.1) is 11.3 Å². The van der Waals surface area contributed by atoms with Crippen molar-refractivity contribution in [2.75, 3.05) is 19.6 Å². The Labute approximate surface area is 185 Å². The number of methoxy groups -OCH3 is 2. The van der Waals surface area contributed by atoms with Gasteiger partial charge in [0, 0.05) is 27.6 Å². The number of ether oxygens (including phenoxy) is 2. The maximum absolute atomic E-state index is 5.66. The standard InChI is InChI=1S/C26H22N2O2S/c1-16-9-11-17(12-10-16)21-15-31-26-24(21)19-13-22(29-2)23(30-3)14-20(19)25(27-28-26)18-7-5-4-6-8-18/h4-15,28H,1-3H3. The molecule has 5 rings (SSSR count). The molecule has 0 amide bonds. The predicted molar refractivity (Wildman–Crippen MR) is 129 cm³/mol. The van der Waals surface area contributed by atoms with E-state index in [2.05, 4.69) is 60.2 Å². The van der Waals surface area contributed by atoms with Gasteiger partial charge in [-0.3, -0.25) is 5.43 Å². The van der Waals surface area contributed by atoms with Gasteiger partial charge in [-0.2, -0.15) is 5.10 Å². The molecule has 0 saturated carbocycles. The molecule has 0 radical (unpaired) electrons. The van der Waals surface area contributed by atoms with Crippen LogP contribution in [0.1, 0.15) is 16.7 Å². The van der Waals surface area contributed by atoms with Gasteiger partial charge in [-0.05, 0) is 30.2 Å². The van der Waals surface area contributed by atoms with E-state index in [-0.39, 0.29) is 0 Å². The minimum atomic E-state index is 0.681. The summed E-state index contributed by atoms with van der Waals surface area (Å²) in [6, 6.07) is 22.9. The van der Waals surface area contributed by atoms with Gasteiger partial charge in [0.25, 0.3) is 0 Å². The summed E-state index contributed by atoms with van der Waals surface area (Å²) >= 11 is 1.66. The first-order chi connectivity index (χ1) is 15.2. The van der Waals surface area contributed by atoms with Crippen LogP contribution in [0.15, 0.2) is 77.2 Å². The van der Waals surface area contributed by atoms with Crippen LogP contribution in [0.2, 0.25) is 0 Å². The molecule has 0 aliphatic carbocycles. The van der Waals surface area contributed by atoms with Gasteiger partial charge < -0.3 is 9.47 Å². The molecule has 4 nitrogen and oxygen atoms in total. The Bertz CT molecular complexity index is 1280. The highest BCUT2D eigenvalue weighted by molar-refractivity contribution is 7.15. The van der Waals surface area contributed by atoms with Crippen molar-refractivity contribution < 1.29 is 9.47 Å². The maximum atomic E-state index is 5.66. The van der Waals surface area contributed by atoms with E-state index in [0.29, 0.717) is 11.5 Å². The second kappa shape index (κ2) is 7.93. The van der Waals surface area contributed by atoms with Gasteiger partial charge in [-0.1, -0.05) is 60.2 Å². The molecule has 2 heterocycles. The zero-order valence-corrected chi connectivity index (χ0v) is 18.4. The molecule has 0 saturated heterocycles. The molecule has 31 heavy (non-hydrogen) atoms. The lowest BCUT2D eigenvalue weighted by atomic mass is 9.90. The van der Waals surface area contributed by atoms with Gasteiger partial charge in [-0.25, -0.2) is 0 Å². The molecule has 4 aromatic rings. The second-order valence-corrected chi connectivity index (χ2v) is 8.29. The molecule has 1 aliphatic heterocycles. The highest BCUT2D eigenvalue weighted by Crippen LogP contribution is 2.48. The quantitative estimate of drug-likeness (QED) is 0.400. The van der Waals surface area contributed by atoms with Crippen molar-refractivity contribution in [2.24, 2.45) is 5.10 Å². The minimum Gasteiger partial charge on any atom is -0.493 e. The molecule has 5 heteroatoms. The summed E-state index contributed by atoms with van der Waals surface area (Å²) in [7, 11) is 3.33. The van der Waals surface area contributed by atoms with E-state index in [1.807, 2.05) is 24.3 Å². The van der Waals surface area contributed by atoms with E-state index in [0.717, 1.165) is 33.0 Å². The molecule has 1 aliphatic rings. The summed E-state index contributed by atoms with van der Waals surface area (Å²) in [5.41, 5.74) is 12.0. The fourth-order valence-electron chi connectivity index (χ4n) is 3.92. The number of hydrogen-bond donors (Lipinski definition) is 1. The number of nitrogens with one attached hydrogen (secondary N) is 1. The van der Waals surface area contributed by atoms with Gasteiger partial charge in [0.15, 0.2) is 11.5 Å². The molecule has 1 aromatic heterocycles. The molecule has 0 unspecified atom stereocenters. The van der Waals surface area contributed by atoms with E-state index < -0.39 is 0 Å². The third-order valence-corrected chi connectivity index (χ3v) is 6.40.